The van der Waals surface area contributed by atoms with Gasteiger partial charge in [0, 0.05) is 12.5 Å². The van der Waals surface area contributed by atoms with Crippen molar-refractivity contribution in [1.29, 1.82) is 0 Å². The fraction of sp³-hybridized carbons (Fsp3) is 0.929. The van der Waals surface area contributed by atoms with Crippen LogP contribution in [0, 0.1) is 5.92 Å². The molecule has 2 rings (SSSR count). The zero-order chi connectivity index (χ0) is 13.0. The number of amides is 1. The Morgan fingerprint density at radius 3 is 2.83 bits per heavy atom. The van der Waals surface area contributed by atoms with Crippen molar-refractivity contribution < 1.29 is 9.90 Å². The number of hydrogen-bond acceptors (Lipinski definition) is 3. The molecule has 3 atom stereocenters. The molecule has 4 nitrogen and oxygen atoms in total. The largest absolute Gasteiger partial charge is 0.393 e. The van der Waals surface area contributed by atoms with E-state index in [4.69, 9.17) is 0 Å². The van der Waals surface area contributed by atoms with Crippen LogP contribution in [0.2, 0.25) is 0 Å². The smallest absolute Gasteiger partial charge is 0.240 e. The quantitative estimate of drug-likeness (QED) is 0.690. The first kappa shape index (κ1) is 13.8. The van der Waals surface area contributed by atoms with Crippen molar-refractivity contribution in [1.82, 2.24) is 10.6 Å². The second kappa shape index (κ2) is 6.02. The lowest BCUT2D eigenvalue weighted by molar-refractivity contribution is -0.127. The van der Waals surface area contributed by atoms with Crippen molar-refractivity contribution in [2.45, 2.75) is 63.5 Å². The van der Waals surface area contributed by atoms with E-state index in [1.807, 2.05) is 0 Å². The van der Waals surface area contributed by atoms with E-state index in [1.54, 1.807) is 0 Å². The fourth-order valence-electron chi connectivity index (χ4n) is 3.40. The van der Waals surface area contributed by atoms with Crippen molar-refractivity contribution >= 4 is 5.91 Å². The molecule has 1 amide bonds. The number of aliphatic hydroxyl groups is 1. The third-order valence-electron chi connectivity index (χ3n) is 4.50. The van der Waals surface area contributed by atoms with Crippen LogP contribution in [0.1, 0.15) is 51.9 Å². The van der Waals surface area contributed by atoms with Gasteiger partial charge in [0.15, 0.2) is 0 Å². The Balaban J connectivity index is 1.85. The molecule has 0 aromatic rings. The molecule has 0 spiro atoms. The second-order valence-electron chi connectivity index (χ2n) is 5.83. The van der Waals surface area contributed by atoms with Gasteiger partial charge in [-0.25, -0.2) is 0 Å². The highest BCUT2D eigenvalue weighted by Crippen LogP contribution is 2.27. The van der Waals surface area contributed by atoms with Gasteiger partial charge in [-0.05, 0) is 38.6 Å². The van der Waals surface area contributed by atoms with Gasteiger partial charge in [-0.1, -0.05) is 19.8 Å². The highest BCUT2D eigenvalue weighted by atomic mass is 16.3. The fourth-order valence-corrected chi connectivity index (χ4v) is 3.40. The minimum atomic E-state index is -0.335. The minimum absolute atomic E-state index is 0.140. The Bertz CT molecular complexity index is 288. The number of aliphatic hydroxyl groups excluding tert-OH is 1. The molecule has 0 aromatic heterocycles. The van der Waals surface area contributed by atoms with Gasteiger partial charge in [0.1, 0.15) is 0 Å². The first-order chi connectivity index (χ1) is 8.68. The molecule has 18 heavy (non-hydrogen) atoms. The molecule has 2 aliphatic rings. The number of carbonyl (C=O) groups is 1. The zero-order valence-corrected chi connectivity index (χ0v) is 11.4. The standard InChI is InChI=1S/C14H26N2O2/c1-2-7-14(8-4-9-16-14)13(18)15-10-11-5-3-6-12(11)17/h11-12,16-17H,2-10H2,1H3,(H,15,18). The number of carbonyl (C=O) groups excluding carboxylic acids is 1. The molecule has 0 bridgehead atoms. The van der Waals surface area contributed by atoms with E-state index in [2.05, 4.69) is 17.6 Å². The van der Waals surface area contributed by atoms with Crippen LogP contribution < -0.4 is 10.6 Å². The summed E-state index contributed by atoms with van der Waals surface area (Å²) in [4.78, 5) is 12.4. The van der Waals surface area contributed by atoms with Crippen molar-refractivity contribution in [2.24, 2.45) is 5.92 Å². The molecular weight excluding hydrogens is 228 g/mol. The average Bonchev–Trinajstić information content (AvgIpc) is 2.97. The van der Waals surface area contributed by atoms with E-state index < -0.39 is 0 Å². The molecule has 1 aliphatic carbocycles. The van der Waals surface area contributed by atoms with Crippen LogP contribution in [-0.4, -0.2) is 35.7 Å². The molecule has 3 N–H and O–H groups in total. The summed E-state index contributed by atoms with van der Waals surface area (Å²) in [6, 6.07) is 0. The van der Waals surface area contributed by atoms with E-state index in [0.29, 0.717) is 6.54 Å². The lowest BCUT2D eigenvalue weighted by Gasteiger charge is -2.29. The molecule has 1 aliphatic heterocycles. The number of rotatable bonds is 5. The molecule has 4 heteroatoms. The summed E-state index contributed by atoms with van der Waals surface area (Å²) in [6.07, 6.45) is 6.75. The Kier molecular flexibility index (Phi) is 4.62. The maximum atomic E-state index is 12.4. The summed E-state index contributed by atoms with van der Waals surface area (Å²) >= 11 is 0. The van der Waals surface area contributed by atoms with Gasteiger partial charge in [-0.15, -0.1) is 0 Å². The van der Waals surface area contributed by atoms with Gasteiger partial charge in [-0.2, -0.15) is 0 Å². The molecule has 2 fully saturated rings. The highest BCUT2D eigenvalue weighted by molar-refractivity contribution is 5.86. The second-order valence-corrected chi connectivity index (χ2v) is 5.83. The molecule has 1 heterocycles. The summed E-state index contributed by atoms with van der Waals surface area (Å²) < 4.78 is 0. The third kappa shape index (κ3) is 2.86. The SMILES string of the molecule is CCCC1(C(=O)NCC2CCCC2O)CCCN1. The van der Waals surface area contributed by atoms with Crippen LogP contribution in [0.25, 0.3) is 0 Å². The lowest BCUT2D eigenvalue weighted by atomic mass is 9.90. The summed E-state index contributed by atoms with van der Waals surface area (Å²) in [7, 11) is 0. The number of hydrogen-bond donors (Lipinski definition) is 3. The highest BCUT2D eigenvalue weighted by Gasteiger charge is 2.40. The van der Waals surface area contributed by atoms with Crippen molar-refractivity contribution in [2.75, 3.05) is 13.1 Å². The lowest BCUT2D eigenvalue weighted by Crippen LogP contribution is -2.54. The summed E-state index contributed by atoms with van der Waals surface area (Å²) in [5.41, 5.74) is -0.335. The Morgan fingerprint density at radius 2 is 2.28 bits per heavy atom. The summed E-state index contributed by atoms with van der Waals surface area (Å²) in [5, 5.41) is 16.2. The maximum absolute atomic E-state index is 12.4. The van der Waals surface area contributed by atoms with Crippen LogP contribution in [0.3, 0.4) is 0 Å². The molecule has 1 saturated carbocycles. The van der Waals surface area contributed by atoms with Gasteiger partial charge in [0.05, 0.1) is 11.6 Å². The van der Waals surface area contributed by atoms with E-state index in [0.717, 1.165) is 51.5 Å². The normalized spacial score (nSPS) is 35.9. The van der Waals surface area contributed by atoms with Crippen LogP contribution >= 0.6 is 0 Å². The van der Waals surface area contributed by atoms with E-state index in [9.17, 15) is 9.90 Å². The zero-order valence-electron chi connectivity index (χ0n) is 11.4. The third-order valence-corrected chi connectivity index (χ3v) is 4.50. The molecule has 1 saturated heterocycles. The van der Waals surface area contributed by atoms with E-state index in [1.165, 1.54) is 0 Å². The predicted molar refractivity (Wildman–Crippen MR) is 71.2 cm³/mol. The number of nitrogens with one attached hydrogen (secondary N) is 2. The van der Waals surface area contributed by atoms with Crippen LogP contribution in [0.4, 0.5) is 0 Å². The topological polar surface area (TPSA) is 61.4 Å². The van der Waals surface area contributed by atoms with Crippen molar-refractivity contribution in [3.63, 3.8) is 0 Å². The van der Waals surface area contributed by atoms with E-state index in [-0.39, 0.29) is 23.5 Å². The Morgan fingerprint density at radius 1 is 1.44 bits per heavy atom. The minimum Gasteiger partial charge on any atom is -0.393 e. The first-order valence-electron chi connectivity index (χ1n) is 7.39. The average molecular weight is 254 g/mol. The monoisotopic (exact) mass is 254 g/mol. The van der Waals surface area contributed by atoms with Crippen LogP contribution in [0.5, 0.6) is 0 Å². The Labute approximate surface area is 110 Å². The van der Waals surface area contributed by atoms with Crippen LogP contribution in [0.15, 0.2) is 0 Å². The first-order valence-corrected chi connectivity index (χ1v) is 7.39. The van der Waals surface area contributed by atoms with Gasteiger partial charge < -0.3 is 15.7 Å². The van der Waals surface area contributed by atoms with Gasteiger partial charge in [-0.3, -0.25) is 4.79 Å². The van der Waals surface area contributed by atoms with Gasteiger partial charge >= 0.3 is 0 Å². The molecule has 0 aromatic carbocycles. The molecule has 104 valence electrons. The van der Waals surface area contributed by atoms with Gasteiger partial charge in [0.25, 0.3) is 0 Å². The summed E-state index contributed by atoms with van der Waals surface area (Å²) in [6.45, 7) is 3.70. The van der Waals surface area contributed by atoms with Gasteiger partial charge in [0.2, 0.25) is 5.91 Å². The summed E-state index contributed by atoms with van der Waals surface area (Å²) in [5.74, 6) is 0.398. The Hall–Kier alpha value is -0.610. The molecular formula is C14H26N2O2. The molecule has 3 unspecified atom stereocenters. The predicted octanol–water partition coefficient (Wildman–Crippen LogP) is 1.19. The van der Waals surface area contributed by atoms with Crippen molar-refractivity contribution in [3.8, 4) is 0 Å². The maximum Gasteiger partial charge on any atom is 0.240 e. The van der Waals surface area contributed by atoms with Crippen molar-refractivity contribution in [3.05, 3.63) is 0 Å². The van der Waals surface area contributed by atoms with Crippen LogP contribution in [-0.2, 0) is 4.79 Å². The molecule has 0 radical (unpaired) electrons. The van der Waals surface area contributed by atoms with E-state index >= 15 is 0 Å².